The Labute approximate surface area is 258 Å². The molecule has 4 rings (SSSR count). The van der Waals surface area contributed by atoms with Gasteiger partial charge in [0, 0.05) is 10.5 Å². The molecule has 0 atom stereocenters. The number of thioether (sulfide) groups is 1. The van der Waals surface area contributed by atoms with E-state index in [-0.39, 0.29) is 23.7 Å². The van der Waals surface area contributed by atoms with E-state index in [0.29, 0.717) is 5.57 Å². The zero-order valence-electron chi connectivity index (χ0n) is 26.5. The van der Waals surface area contributed by atoms with Crippen LogP contribution >= 0.6 is 11.8 Å². The van der Waals surface area contributed by atoms with E-state index >= 15 is 0 Å². The van der Waals surface area contributed by atoms with Crippen molar-refractivity contribution in [3.63, 3.8) is 0 Å². The number of carbonyl (C=O) groups excluding carboxylic acids is 2. The topological polar surface area (TPSA) is 99.3 Å². The third-order valence-corrected chi connectivity index (χ3v) is 7.26. The molecule has 2 heterocycles. The fourth-order valence-electron chi connectivity index (χ4n) is 4.31. The van der Waals surface area contributed by atoms with E-state index in [1.165, 1.54) is 68.4 Å². The van der Waals surface area contributed by atoms with Crippen molar-refractivity contribution in [1.29, 1.82) is 5.41 Å². The molecule has 42 heavy (non-hydrogen) atoms. The summed E-state index contributed by atoms with van der Waals surface area (Å²) in [6.45, 7) is 12.2. The number of hydrogen-bond donors (Lipinski definition) is 3. The van der Waals surface area contributed by atoms with Crippen LogP contribution in [0.2, 0.25) is 0 Å². The number of benzene rings is 2. The second-order valence-electron chi connectivity index (χ2n) is 9.55. The van der Waals surface area contributed by atoms with Gasteiger partial charge in [-0.1, -0.05) is 74.4 Å². The molecule has 0 aliphatic carbocycles. The predicted octanol–water partition coefficient (Wildman–Crippen LogP) is 6.89. The van der Waals surface area contributed by atoms with Crippen LogP contribution in [0.4, 0.5) is 0 Å². The van der Waals surface area contributed by atoms with E-state index in [1.54, 1.807) is 24.8 Å². The van der Waals surface area contributed by atoms with Crippen LogP contribution in [0.25, 0.3) is 0 Å². The molecule has 6 nitrogen and oxygen atoms in total. The number of allylic oxidation sites excluding steroid dienone is 1. The van der Waals surface area contributed by atoms with Crippen molar-refractivity contribution in [1.82, 2.24) is 10.2 Å². The van der Waals surface area contributed by atoms with Gasteiger partial charge >= 0.3 is 0 Å². The fraction of sp³-hybridized carbons (Fsp3) is 0.400. The number of ketones is 1. The Morgan fingerprint density at radius 2 is 1.64 bits per heavy atom. The highest BCUT2D eigenvalue weighted by atomic mass is 32.2. The summed E-state index contributed by atoms with van der Waals surface area (Å²) in [4.78, 5) is 26.6. The molecule has 1 fully saturated rings. The molecule has 0 saturated carbocycles. The van der Waals surface area contributed by atoms with Crippen LogP contribution in [-0.4, -0.2) is 48.8 Å². The van der Waals surface area contributed by atoms with Crippen LogP contribution in [0.15, 0.2) is 76.7 Å². The monoisotopic (exact) mass is 590 g/mol. The van der Waals surface area contributed by atoms with E-state index < -0.39 is 5.91 Å². The second kappa shape index (κ2) is 22.2. The highest BCUT2D eigenvalue weighted by molar-refractivity contribution is 7.98. The SMILES string of the molecule is C#C.C/C=C1/C=C(C(C)=O)C(=O)N(Cc2ccccc2SC)C1=N.CCC.CN.Cc1ccc(C2CCNCC2)cc1. The summed E-state index contributed by atoms with van der Waals surface area (Å²) in [7, 11) is 1.50. The lowest BCUT2D eigenvalue weighted by Crippen LogP contribution is -2.42. The first-order valence-corrected chi connectivity index (χ1v) is 15.6. The molecule has 2 aliphatic rings. The molecule has 2 aliphatic heterocycles. The first kappa shape index (κ1) is 38.6. The molecule has 1 amide bonds. The maximum Gasteiger partial charge on any atom is 0.263 e. The average molecular weight is 591 g/mol. The van der Waals surface area contributed by atoms with Crippen LogP contribution < -0.4 is 11.1 Å². The summed E-state index contributed by atoms with van der Waals surface area (Å²) in [5.74, 6) is 0.245. The number of Topliss-reactive ketones (excluding diaryl/α,β-unsaturated/α-hetero) is 1. The van der Waals surface area contributed by atoms with Crippen molar-refractivity contribution in [3.8, 4) is 12.8 Å². The number of nitrogens with zero attached hydrogens (tertiary/aromatic N) is 1. The molecule has 0 aromatic heterocycles. The number of hydrogen-bond acceptors (Lipinski definition) is 6. The largest absolute Gasteiger partial charge is 0.333 e. The third-order valence-electron chi connectivity index (χ3n) is 6.42. The minimum Gasteiger partial charge on any atom is -0.333 e. The summed E-state index contributed by atoms with van der Waals surface area (Å²) < 4.78 is 0. The van der Waals surface area contributed by atoms with Gasteiger partial charge in [-0.05, 0) is 89.2 Å². The van der Waals surface area contributed by atoms with Gasteiger partial charge in [-0.2, -0.15) is 0 Å². The number of nitrogens with one attached hydrogen (secondary N) is 2. The summed E-state index contributed by atoms with van der Waals surface area (Å²) in [5, 5.41) is 11.6. The van der Waals surface area contributed by atoms with Gasteiger partial charge in [0.1, 0.15) is 5.84 Å². The van der Waals surface area contributed by atoms with E-state index in [1.807, 2.05) is 30.5 Å². The zero-order chi connectivity index (χ0) is 32.1. The first-order chi connectivity index (χ1) is 20.3. The molecular formula is C35H50N4O2S. The number of aryl methyl sites for hydroxylation is 1. The standard InChI is InChI=1S/C17H18N2O2S.C12H17N.C3H8.C2H2.CH5N/c1-4-12-9-14(11(2)20)17(21)19(16(12)18)10-13-7-5-6-8-15(13)22-3;1-10-2-4-11(5-3-10)12-6-8-13-9-7-12;1-3-2;2*1-2/h4-9,18H,10H2,1-3H3;2-5,12-13H,6-9H2,1H3;3H2,1-2H3;1-2H;2H2,1H3/b12-4-,18-16?;;;;. The van der Waals surface area contributed by atoms with Crippen molar-refractivity contribution in [2.45, 2.75) is 71.2 Å². The number of piperidine rings is 1. The van der Waals surface area contributed by atoms with Crippen LogP contribution in [0.5, 0.6) is 0 Å². The minimum absolute atomic E-state index is 0.130. The van der Waals surface area contributed by atoms with Crippen LogP contribution in [0.1, 0.15) is 69.6 Å². The number of terminal acetylenes is 1. The Balaban J connectivity index is 0.000000711. The zero-order valence-corrected chi connectivity index (χ0v) is 27.3. The van der Waals surface area contributed by atoms with Crippen molar-refractivity contribution < 1.29 is 9.59 Å². The van der Waals surface area contributed by atoms with Crippen molar-refractivity contribution >= 4 is 29.3 Å². The predicted molar refractivity (Wildman–Crippen MR) is 181 cm³/mol. The van der Waals surface area contributed by atoms with Gasteiger partial charge in [0.25, 0.3) is 5.91 Å². The molecule has 2 aromatic carbocycles. The molecule has 7 heteroatoms. The lowest BCUT2D eigenvalue weighted by molar-refractivity contribution is -0.126. The number of carbonyl (C=O) groups is 2. The smallest absolute Gasteiger partial charge is 0.263 e. The Morgan fingerprint density at radius 1 is 1.10 bits per heavy atom. The minimum atomic E-state index is -0.404. The van der Waals surface area contributed by atoms with Crippen LogP contribution in [-0.2, 0) is 16.1 Å². The molecule has 0 spiro atoms. The summed E-state index contributed by atoms with van der Waals surface area (Å²) in [6.07, 6.45) is 17.1. The van der Waals surface area contributed by atoms with E-state index in [9.17, 15) is 9.59 Å². The van der Waals surface area contributed by atoms with Gasteiger partial charge in [0.15, 0.2) is 5.78 Å². The van der Waals surface area contributed by atoms with Gasteiger partial charge < -0.3 is 11.1 Å². The number of nitrogens with two attached hydrogens (primary N) is 1. The Bertz CT molecular complexity index is 1190. The maximum absolute atomic E-state index is 12.5. The van der Waals surface area contributed by atoms with Gasteiger partial charge in [0.2, 0.25) is 0 Å². The highest BCUT2D eigenvalue weighted by Crippen LogP contribution is 2.26. The van der Waals surface area contributed by atoms with Crippen molar-refractivity contribution in [2.24, 2.45) is 5.73 Å². The Kier molecular flexibility index (Phi) is 20.4. The lowest BCUT2D eigenvalue weighted by atomic mass is 9.90. The van der Waals surface area contributed by atoms with E-state index in [0.717, 1.165) is 16.4 Å². The lowest BCUT2D eigenvalue weighted by Gasteiger charge is -2.29. The Hall–Kier alpha value is -3.44. The molecule has 2 aromatic rings. The number of rotatable bonds is 5. The van der Waals surface area contributed by atoms with Gasteiger partial charge in [0.05, 0.1) is 12.1 Å². The van der Waals surface area contributed by atoms with Crippen molar-refractivity contribution in [3.05, 3.63) is 88.5 Å². The number of amides is 1. The maximum atomic E-state index is 12.5. The molecule has 1 saturated heterocycles. The summed E-state index contributed by atoms with van der Waals surface area (Å²) in [6, 6.07) is 16.8. The summed E-state index contributed by atoms with van der Waals surface area (Å²) in [5.41, 5.74) is 9.07. The van der Waals surface area contributed by atoms with E-state index in [2.05, 4.69) is 68.9 Å². The second-order valence-corrected chi connectivity index (χ2v) is 10.4. The third kappa shape index (κ3) is 12.2. The first-order valence-electron chi connectivity index (χ1n) is 14.4. The van der Waals surface area contributed by atoms with Gasteiger partial charge in [-0.25, -0.2) is 0 Å². The van der Waals surface area contributed by atoms with Crippen molar-refractivity contribution in [2.75, 3.05) is 26.4 Å². The van der Waals surface area contributed by atoms with E-state index in [4.69, 9.17) is 5.41 Å². The fourth-order valence-corrected chi connectivity index (χ4v) is 4.92. The average Bonchev–Trinajstić information content (AvgIpc) is 3.03. The van der Waals surface area contributed by atoms with Gasteiger partial charge in [-0.15, -0.1) is 24.6 Å². The number of amidine groups is 1. The molecule has 4 N–H and O–H groups in total. The van der Waals surface area contributed by atoms with Crippen LogP contribution in [0, 0.1) is 25.2 Å². The Morgan fingerprint density at radius 3 is 2.14 bits per heavy atom. The quantitative estimate of drug-likeness (QED) is 0.200. The van der Waals surface area contributed by atoms with Crippen LogP contribution in [0.3, 0.4) is 0 Å². The highest BCUT2D eigenvalue weighted by Gasteiger charge is 2.31. The molecule has 0 bridgehead atoms. The summed E-state index contributed by atoms with van der Waals surface area (Å²) >= 11 is 1.60. The molecular weight excluding hydrogens is 540 g/mol. The normalized spacial score (nSPS) is 15.3. The molecule has 0 unspecified atom stereocenters. The van der Waals surface area contributed by atoms with Gasteiger partial charge in [-0.3, -0.25) is 19.9 Å². The molecule has 0 radical (unpaired) electrons. The molecule has 228 valence electrons.